The van der Waals surface area contributed by atoms with E-state index in [1.807, 2.05) is 42.2 Å². The van der Waals surface area contributed by atoms with Crippen molar-refractivity contribution < 1.29 is 4.79 Å². The lowest BCUT2D eigenvalue weighted by atomic mass is 10.2. The van der Waals surface area contributed by atoms with E-state index in [0.29, 0.717) is 0 Å². The molecule has 1 aromatic carbocycles. The third-order valence-corrected chi connectivity index (χ3v) is 3.36. The van der Waals surface area contributed by atoms with Gasteiger partial charge in [-0.05, 0) is 31.9 Å². The maximum absolute atomic E-state index is 12.1. The number of hydrogen-bond acceptors (Lipinski definition) is 3. The predicted molar refractivity (Wildman–Crippen MR) is 69.9 cm³/mol. The molecule has 1 fully saturated rings. The molecular formula is C14H17N3O. The molecular weight excluding hydrogens is 226 g/mol. The number of amides is 1. The van der Waals surface area contributed by atoms with Gasteiger partial charge in [-0.1, -0.05) is 18.2 Å². The highest BCUT2D eigenvalue weighted by Crippen LogP contribution is 2.20. The van der Waals surface area contributed by atoms with E-state index in [1.165, 1.54) is 0 Å². The Hall–Kier alpha value is -1.86. The summed E-state index contributed by atoms with van der Waals surface area (Å²) in [5, 5.41) is 11.9. The molecule has 0 spiro atoms. The Labute approximate surface area is 107 Å². The molecule has 18 heavy (non-hydrogen) atoms. The highest BCUT2D eigenvalue weighted by Gasteiger charge is 2.31. The molecule has 2 atom stereocenters. The molecule has 0 aromatic heterocycles. The number of carbonyl (C=O) groups is 1. The van der Waals surface area contributed by atoms with Crippen molar-refractivity contribution in [3.63, 3.8) is 0 Å². The first kappa shape index (κ1) is 12.6. The number of carbonyl (C=O) groups excluding carboxylic acids is 1. The third-order valence-electron chi connectivity index (χ3n) is 3.36. The van der Waals surface area contributed by atoms with Crippen LogP contribution in [-0.4, -0.2) is 29.4 Å². The van der Waals surface area contributed by atoms with E-state index >= 15 is 0 Å². The minimum absolute atomic E-state index is 0.0525. The fourth-order valence-electron chi connectivity index (χ4n) is 2.31. The molecule has 1 aromatic rings. The van der Waals surface area contributed by atoms with Gasteiger partial charge >= 0.3 is 0 Å². The Morgan fingerprint density at radius 2 is 2.22 bits per heavy atom. The number of benzene rings is 1. The molecule has 1 N–H and O–H groups in total. The van der Waals surface area contributed by atoms with Crippen LogP contribution in [0.4, 0.5) is 5.69 Å². The molecule has 2 unspecified atom stereocenters. The summed E-state index contributed by atoms with van der Waals surface area (Å²) < 4.78 is 0. The fraction of sp³-hybridized carbons (Fsp3) is 0.429. The van der Waals surface area contributed by atoms with Crippen LogP contribution in [0.2, 0.25) is 0 Å². The van der Waals surface area contributed by atoms with Crippen LogP contribution in [0, 0.1) is 11.3 Å². The summed E-state index contributed by atoms with van der Waals surface area (Å²) in [5.74, 6) is -0.0525. The molecule has 0 radical (unpaired) electrons. The number of nitriles is 1. The summed E-state index contributed by atoms with van der Waals surface area (Å²) in [5.41, 5.74) is 0.794. The summed E-state index contributed by atoms with van der Waals surface area (Å²) in [4.78, 5) is 14.1. The van der Waals surface area contributed by atoms with Gasteiger partial charge < -0.3 is 5.32 Å². The van der Waals surface area contributed by atoms with Crippen LogP contribution in [0.3, 0.4) is 0 Å². The minimum Gasteiger partial charge on any atom is -0.325 e. The topological polar surface area (TPSA) is 56.1 Å². The lowest BCUT2D eigenvalue weighted by molar-refractivity contribution is -0.120. The average Bonchev–Trinajstić information content (AvgIpc) is 2.87. The van der Waals surface area contributed by atoms with E-state index in [1.54, 1.807) is 0 Å². The van der Waals surface area contributed by atoms with Gasteiger partial charge in [0, 0.05) is 12.2 Å². The smallest absolute Gasteiger partial charge is 0.241 e. The van der Waals surface area contributed by atoms with Crippen molar-refractivity contribution in [3.05, 3.63) is 30.3 Å². The van der Waals surface area contributed by atoms with Gasteiger partial charge in [0.2, 0.25) is 5.91 Å². The number of likely N-dealkylation sites (tertiary alicyclic amines) is 1. The van der Waals surface area contributed by atoms with Gasteiger partial charge in [-0.2, -0.15) is 5.26 Å². The molecule has 1 aliphatic rings. The van der Waals surface area contributed by atoms with Crippen molar-refractivity contribution in [2.24, 2.45) is 0 Å². The molecule has 0 aliphatic carbocycles. The second kappa shape index (κ2) is 5.65. The van der Waals surface area contributed by atoms with Gasteiger partial charge in [0.15, 0.2) is 0 Å². The minimum atomic E-state index is -0.266. The highest BCUT2D eigenvalue weighted by atomic mass is 16.2. The molecule has 2 rings (SSSR count). The maximum Gasteiger partial charge on any atom is 0.241 e. The first-order chi connectivity index (χ1) is 8.72. The van der Waals surface area contributed by atoms with Crippen molar-refractivity contribution in [2.45, 2.75) is 31.8 Å². The number of para-hydroxylation sites is 1. The third kappa shape index (κ3) is 2.69. The van der Waals surface area contributed by atoms with Gasteiger partial charge in [-0.15, -0.1) is 0 Å². The van der Waals surface area contributed by atoms with E-state index in [-0.39, 0.29) is 18.0 Å². The molecule has 4 heteroatoms. The molecule has 1 aliphatic heterocycles. The Morgan fingerprint density at radius 3 is 2.89 bits per heavy atom. The Morgan fingerprint density at radius 1 is 1.50 bits per heavy atom. The van der Waals surface area contributed by atoms with Crippen LogP contribution in [0.15, 0.2) is 30.3 Å². The fourth-order valence-corrected chi connectivity index (χ4v) is 2.31. The van der Waals surface area contributed by atoms with Gasteiger partial charge in [0.05, 0.1) is 18.2 Å². The number of hydrogen-bond donors (Lipinski definition) is 1. The van der Waals surface area contributed by atoms with Crippen LogP contribution >= 0.6 is 0 Å². The van der Waals surface area contributed by atoms with Crippen molar-refractivity contribution in [1.29, 1.82) is 5.26 Å². The van der Waals surface area contributed by atoms with E-state index in [9.17, 15) is 4.79 Å². The number of anilines is 1. The SMILES string of the molecule is CC(C(=O)Nc1ccccc1)N1CCCC1C#N. The second-order valence-corrected chi connectivity index (χ2v) is 4.56. The first-order valence-corrected chi connectivity index (χ1v) is 6.23. The van der Waals surface area contributed by atoms with Gasteiger partial charge in [-0.25, -0.2) is 0 Å². The molecule has 1 saturated heterocycles. The monoisotopic (exact) mass is 243 g/mol. The molecule has 94 valence electrons. The lowest BCUT2D eigenvalue weighted by Gasteiger charge is -2.25. The van der Waals surface area contributed by atoms with E-state index < -0.39 is 0 Å². The van der Waals surface area contributed by atoms with E-state index in [2.05, 4.69) is 11.4 Å². The quantitative estimate of drug-likeness (QED) is 0.883. The standard InChI is InChI=1S/C14H17N3O/c1-11(17-9-5-8-13(17)10-15)14(18)16-12-6-3-2-4-7-12/h2-4,6-7,11,13H,5,8-9H2,1H3,(H,16,18). The van der Waals surface area contributed by atoms with Crippen molar-refractivity contribution in [2.75, 3.05) is 11.9 Å². The second-order valence-electron chi connectivity index (χ2n) is 4.56. The average molecular weight is 243 g/mol. The van der Waals surface area contributed by atoms with Crippen LogP contribution in [-0.2, 0) is 4.79 Å². The molecule has 1 amide bonds. The summed E-state index contributed by atoms with van der Waals surface area (Å²) in [6, 6.07) is 11.3. The molecule has 1 heterocycles. The summed E-state index contributed by atoms with van der Waals surface area (Å²) in [6.45, 7) is 2.68. The number of nitrogens with zero attached hydrogens (tertiary/aromatic N) is 2. The zero-order valence-corrected chi connectivity index (χ0v) is 10.5. The normalized spacial score (nSPS) is 21.2. The van der Waals surface area contributed by atoms with E-state index in [4.69, 9.17) is 5.26 Å². The van der Waals surface area contributed by atoms with Crippen LogP contribution in [0.5, 0.6) is 0 Å². The largest absolute Gasteiger partial charge is 0.325 e. The van der Waals surface area contributed by atoms with Crippen LogP contribution in [0.25, 0.3) is 0 Å². The number of rotatable bonds is 3. The Balaban J connectivity index is 1.99. The molecule has 0 saturated carbocycles. The van der Waals surface area contributed by atoms with Crippen molar-refractivity contribution in [1.82, 2.24) is 4.90 Å². The zero-order valence-electron chi connectivity index (χ0n) is 10.5. The van der Waals surface area contributed by atoms with Crippen LogP contribution in [0.1, 0.15) is 19.8 Å². The molecule has 4 nitrogen and oxygen atoms in total. The Bertz CT molecular complexity index is 452. The molecule has 0 bridgehead atoms. The van der Waals surface area contributed by atoms with E-state index in [0.717, 1.165) is 25.1 Å². The summed E-state index contributed by atoms with van der Waals surface area (Å²) >= 11 is 0. The summed E-state index contributed by atoms with van der Waals surface area (Å²) in [7, 11) is 0. The van der Waals surface area contributed by atoms with Gasteiger partial charge in [0.1, 0.15) is 0 Å². The van der Waals surface area contributed by atoms with Crippen LogP contribution < -0.4 is 5.32 Å². The zero-order chi connectivity index (χ0) is 13.0. The summed E-state index contributed by atoms with van der Waals surface area (Å²) in [6.07, 6.45) is 1.85. The van der Waals surface area contributed by atoms with Gasteiger partial charge in [-0.3, -0.25) is 9.69 Å². The van der Waals surface area contributed by atoms with Gasteiger partial charge in [0.25, 0.3) is 0 Å². The Kier molecular flexibility index (Phi) is 3.96. The first-order valence-electron chi connectivity index (χ1n) is 6.23. The van der Waals surface area contributed by atoms with Crippen molar-refractivity contribution >= 4 is 11.6 Å². The number of nitrogens with one attached hydrogen (secondary N) is 1. The lowest BCUT2D eigenvalue weighted by Crippen LogP contribution is -2.44. The van der Waals surface area contributed by atoms with Crippen molar-refractivity contribution in [3.8, 4) is 6.07 Å². The highest BCUT2D eigenvalue weighted by molar-refractivity contribution is 5.94. The predicted octanol–water partition coefficient (Wildman–Crippen LogP) is 2.00. The maximum atomic E-state index is 12.1.